The molecule has 18 heavy (non-hydrogen) atoms. The first-order chi connectivity index (χ1) is 8.52. The van der Waals surface area contributed by atoms with Crippen LogP contribution in [0.5, 0.6) is 5.75 Å². The van der Waals surface area contributed by atoms with E-state index in [1.165, 1.54) is 0 Å². The van der Waals surface area contributed by atoms with Crippen LogP contribution >= 0.6 is 0 Å². The van der Waals surface area contributed by atoms with Crippen molar-refractivity contribution in [3.05, 3.63) is 29.3 Å². The number of rotatable bonds is 5. The number of aryl methyl sites for hydroxylation is 1. The molecule has 3 N–H and O–H groups in total. The molecule has 0 fully saturated rings. The zero-order valence-electron chi connectivity index (χ0n) is 10.3. The van der Waals surface area contributed by atoms with Gasteiger partial charge in [0.15, 0.2) is 0 Å². The van der Waals surface area contributed by atoms with Gasteiger partial charge in [-0.15, -0.1) is 0 Å². The quantitative estimate of drug-likeness (QED) is 0.726. The molecule has 0 radical (unpaired) electrons. The van der Waals surface area contributed by atoms with Crippen molar-refractivity contribution in [3.63, 3.8) is 0 Å². The topological polar surface area (TPSA) is 87.7 Å². The monoisotopic (exact) mass is 252 g/mol. The van der Waals surface area contributed by atoms with E-state index in [0.29, 0.717) is 5.75 Å². The maximum Gasteiger partial charge on any atom is 0.323 e. The summed E-state index contributed by atoms with van der Waals surface area (Å²) in [5.74, 6) is -0.405. The molecule has 1 rings (SSSR count). The number of carbonyl (C=O) groups is 2. The van der Waals surface area contributed by atoms with Crippen molar-refractivity contribution in [1.29, 1.82) is 0 Å². The number of carboxylic acid groups (broad SMARTS) is 1. The van der Waals surface area contributed by atoms with E-state index >= 15 is 0 Å². The highest BCUT2D eigenvalue weighted by Crippen LogP contribution is 2.19. The van der Waals surface area contributed by atoms with Crippen molar-refractivity contribution >= 4 is 12.0 Å². The van der Waals surface area contributed by atoms with Crippen molar-refractivity contribution in [1.82, 2.24) is 10.6 Å². The van der Waals surface area contributed by atoms with Gasteiger partial charge in [-0.25, -0.2) is 4.79 Å². The van der Waals surface area contributed by atoms with E-state index in [-0.39, 0.29) is 6.54 Å². The van der Waals surface area contributed by atoms with Crippen LogP contribution in [-0.2, 0) is 11.3 Å². The normalized spacial score (nSPS) is 9.67. The molecule has 0 saturated carbocycles. The molecule has 0 spiro atoms. The number of hydrogen-bond donors (Lipinski definition) is 3. The van der Waals surface area contributed by atoms with E-state index in [1.807, 2.05) is 25.1 Å². The van der Waals surface area contributed by atoms with Crippen molar-refractivity contribution < 1.29 is 19.4 Å². The van der Waals surface area contributed by atoms with Gasteiger partial charge in [-0.05, 0) is 13.0 Å². The van der Waals surface area contributed by atoms with Crippen LogP contribution in [0.2, 0.25) is 0 Å². The first-order valence-corrected chi connectivity index (χ1v) is 5.40. The second-order valence-electron chi connectivity index (χ2n) is 3.75. The van der Waals surface area contributed by atoms with Crippen LogP contribution in [0.4, 0.5) is 4.79 Å². The van der Waals surface area contributed by atoms with E-state index in [1.54, 1.807) is 7.11 Å². The van der Waals surface area contributed by atoms with Crippen LogP contribution in [-0.4, -0.2) is 30.8 Å². The molecular weight excluding hydrogens is 236 g/mol. The van der Waals surface area contributed by atoms with Crippen LogP contribution < -0.4 is 15.4 Å². The standard InChI is InChI=1S/C12H16N2O4/c1-8-3-4-10(18-2)9(5-8)6-13-12(17)14-7-11(15)16/h3-5H,6-7H2,1-2H3,(H,15,16)(H2,13,14,17). The van der Waals surface area contributed by atoms with E-state index in [9.17, 15) is 9.59 Å². The van der Waals surface area contributed by atoms with Crippen LogP contribution in [0.15, 0.2) is 18.2 Å². The smallest absolute Gasteiger partial charge is 0.323 e. The van der Waals surface area contributed by atoms with Gasteiger partial charge in [-0.2, -0.15) is 0 Å². The Labute approximate surface area is 105 Å². The Bertz CT molecular complexity index is 446. The van der Waals surface area contributed by atoms with Crippen molar-refractivity contribution in [2.75, 3.05) is 13.7 Å². The zero-order valence-corrected chi connectivity index (χ0v) is 10.3. The molecule has 0 atom stereocenters. The van der Waals surface area contributed by atoms with Crippen LogP contribution in [0.3, 0.4) is 0 Å². The lowest BCUT2D eigenvalue weighted by atomic mass is 10.1. The molecule has 0 saturated heterocycles. The Balaban J connectivity index is 2.54. The molecule has 1 aromatic carbocycles. The van der Waals surface area contributed by atoms with Gasteiger partial charge in [0.05, 0.1) is 7.11 Å². The largest absolute Gasteiger partial charge is 0.496 e. The van der Waals surface area contributed by atoms with Gasteiger partial charge in [0.1, 0.15) is 12.3 Å². The van der Waals surface area contributed by atoms with Gasteiger partial charge >= 0.3 is 12.0 Å². The lowest BCUT2D eigenvalue weighted by Crippen LogP contribution is -2.38. The first kappa shape index (κ1) is 13.8. The molecule has 6 nitrogen and oxygen atoms in total. The van der Waals surface area contributed by atoms with Gasteiger partial charge in [-0.3, -0.25) is 4.79 Å². The van der Waals surface area contributed by atoms with E-state index < -0.39 is 18.5 Å². The summed E-state index contributed by atoms with van der Waals surface area (Å²) in [6.07, 6.45) is 0. The van der Waals surface area contributed by atoms with E-state index in [2.05, 4.69) is 10.6 Å². The fourth-order valence-corrected chi connectivity index (χ4v) is 1.44. The number of carboxylic acids is 1. The highest BCUT2D eigenvalue weighted by atomic mass is 16.5. The van der Waals surface area contributed by atoms with Gasteiger partial charge in [0.25, 0.3) is 0 Å². The average Bonchev–Trinajstić information content (AvgIpc) is 2.34. The Morgan fingerprint density at radius 2 is 2.06 bits per heavy atom. The molecule has 0 bridgehead atoms. The summed E-state index contributed by atoms with van der Waals surface area (Å²) in [5, 5.41) is 13.2. The Hall–Kier alpha value is -2.24. The minimum absolute atomic E-state index is 0.274. The summed E-state index contributed by atoms with van der Waals surface area (Å²) >= 11 is 0. The summed E-state index contributed by atoms with van der Waals surface area (Å²) in [7, 11) is 1.55. The van der Waals surface area contributed by atoms with Gasteiger partial charge in [-0.1, -0.05) is 17.7 Å². The molecule has 0 aromatic heterocycles. The molecule has 0 aliphatic heterocycles. The molecule has 1 aromatic rings. The SMILES string of the molecule is COc1ccc(C)cc1CNC(=O)NCC(=O)O. The van der Waals surface area contributed by atoms with Gasteiger partial charge in [0.2, 0.25) is 0 Å². The third kappa shape index (κ3) is 4.32. The number of benzene rings is 1. The molecule has 0 unspecified atom stereocenters. The molecule has 0 aliphatic carbocycles. The summed E-state index contributed by atoms with van der Waals surface area (Å²) < 4.78 is 5.16. The Kier molecular flexibility index (Phi) is 4.98. The van der Waals surface area contributed by atoms with Crippen molar-refractivity contribution in [2.24, 2.45) is 0 Å². The Morgan fingerprint density at radius 3 is 2.67 bits per heavy atom. The third-order valence-corrected chi connectivity index (χ3v) is 2.28. The molecule has 0 aliphatic rings. The summed E-state index contributed by atoms with van der Waals surface area (Å²) in [6, 6.07) is 5.10. The fourth-order valence-electron chi connectivity index (χ4n) is 1.44. The first-order valence-electron chi connectivity index (χ1n) is 5.40. The van der Waals surface area contributed by atoms with Crippen LogP contribution in [0, 0.1) is 6.92 Å². The maximum absolute atomic E-state index is 11.3. The number of hydrogen-bond acceptors (Lipinski definition) is 3. The predicted octanol–water partition coefficient (Wildman–Crippen LogP) is 0.887. The second-order valence-corrected chi connectivity index (χ2v) is 3.75. The minimum atomic E-state index is -1.08. The number of urea groups is 1. The maximum atomic E-state index is 11.3. The number of methoxy groups -OCH3 is 1. The molecular formula is C12H16N2O4. The number of aliphatic carboxylic acids is 1. The Morgan fingerprint density at radius 1 is 1.33 bits per heavy atom. The van der Waals surface area contributed by atoms with Crippen LogP contribution in [0.1, 0.15) is 11.1 Å². The number of amides is 2. The predicted molar refractivity (Wildman–Crippen MR) is 65.6 cm³/mol. The molecule has 98 valence electrons. The molecule has 6 heteroatoms. The fraction of sp³-hybridized carbons (Fsp3) is 0.333. The van der Waals surface area contributed by atoms with E-state index in [4.69, 9.17) is 9.84 Å². The third-order valence-electron chi connectivity index (χ3n) is 2.28. The van der Waals surface area contributed by atoms with E-state index in [0.717, 1.165) is 11.1 Å². The molecule has 0 heterocycles. The highest BCUT2D eigenvalue weighted by molar-refractivity contribution is 5.79. The van der Waals surface area contributed by atoms with Crippen molar-refractivity contribution in [2.45, 2.75) is 13.5 Å². The lowest BCUT2D eigenvalue weighted by Gasteiger charge is -2.10. The summed E-state index contributed by atoms with van der Waals surface area (Å²) in [5.41, 5.74) is 1.89. The number of carbonyl (C=O) groups excluding carboxylic acids is 1. The van der Waals surface area contributed by atoms with Gasteiger partial charge in [0, 0.05) is 12.1 Å². The highest BCUT2D eigenvalue weighted by Gasteiger charge is 2.06. The van der Waals surface area contributed by atoms with Crippen LogP contribution in [0.25, 0.3) is 0 Å². The number of ether oxygens (including phenoxy) is 1. The zero-order chi connectivity index (χ0) is 13.5. The summed E-state index contributed by atoms with van der Waals surface area (Å²) in [6.45, 7) is 1.81. The minimum Gasteiger partial charge on any atom is -0.496 e. The average molecular weight is 252 g/mol. The van der Waals surface area contributed by atoms with Crippen molar-refractivity contribution in [3.8, 4) is 5.75 Å². The molecule has 2 amide bonds. The van der Waals surface area contributed by atoms with Gasteiger partial charge < -0.3 is 20.5 Å². The summed E-state index contributed by atoms with van der Waals surface area (Å²) in [4.78, 5) is 21.5. The number of nitrogens with one attached hydrogen (secondary N) is 2. The lowest BCUT2D eigenvalue weighted by molar-refractivity contribution is -0.135. The second kappa shape index (κ2) is 6.48.